The molecule has 0 atom stereocenters. The molecular formula is C15H23NO. The zero-order chi connectivity index (χ0) is 12.0. The van der Waals surface area contributed by atoms with Crippen LogP contribution in [0.2, 0.25) is 0 Å². The van der Waals surface area contributed by atoms with E-state index < -0.39 is 0 Å². The van der Waals surface area contributed by atoms with Crippen molar-refractivity contribution in [2.75, 3.05) is 20.2 Å². The number of rotatable bonds is 7. The van der Waals surface area contributed by atoms with Gasteiger partial charge in [-0.3, -0.25) is 0 Å². The third-order valence-corrected chi connectivity index (χ3v) is 3.85. The molecule has 94 valence electrons. The van der Waals surface area contributed by atoms with E-state index in [-0.39, 0.29) is 0 Å². The summed E-state index contributed by atoms with van der Waals surface area (Å²) < 4.78 is 5.77. The summed E-state index contributed by atoms with van der Waals surface area (Å²) in [5.74, 6) is 0. The van der Waals surface area contributed by atoms with Crippen LogP contribution in [0.15, 0.2) is 30.3 Å². The second-order valence-electron chi connectivity index (χ2n) is 5.17. The maximum atomic E-state index is 5.77. The maximum Gasteiger partial charge on any atom is 0.0716 e. The SMILES string of the molecule is CNCC1(CCOCc2ccccc2)CCC1. The summed E-state index contributed by atoms with van der Waals surface area (Å²) in [5, 5.41) is 3.31. The lowest BCUT2D eigenvalue weighted by Gasteiger charge is -2.42. The van der Waals surface area contributed by atoms with Crippen LogP contribution in [0.3, 0.4) is 0 Å². The van der Waals surface area contributed by atoms with E-state index >= 15 is 0 Å². The van der Waals surface area contributed by atoms with Crippen LogP contribution in [0.5, 0.6) is 0 Å². The molecule has 1 aromatic rings. The first kappa shape index (κ1) is 12.6. The van der Waals surface area contributed by atoms with Gasteiger partial charge in [-0.2, -0.15) is 0 Å². The standard InChI is InChI=1S/C15H23NO/c1-16-13-15(8-5-9-15)10-11-17-12-14-6-3-2-4-7-14/h2-4,6-7,16H,5,8-13H2,1H3. The van der Waals surface area contributed by atoms with Gasteiger partial charge in [-0.25, -0.2) is 0 Å². The van der Waals surface area contributed by atoms with Crippen molar-refractivity contribution in [2.45, 2.75) is 32.3 Å². The van der Waals surface area contributed by atoms with Gasteiger partial charge in [-0.15, -0.1) is 0 Å². The molecule has 0 unspecified atom stereocenters. The van der Waals surface area contributed by atoms with Gasteiger partial charge in [-0.1, -0.05) is 36.8 Å². The van der Waals surface area contributed by atoms with E-state index in [0.717, 1.165) is 19.8 Å². The quantitative estimate of drug-likeness (QED) is 0.731. The molecule has 2 heteroatoms. The largest absolute Gasteiger partial charge is 0.377 e. The molecule has 0 spiro atoms. The molecular weight excluding hydrogens is 210 g/mol. The molecule has 17 heavy (non-hydrogen) atoms. The minimum absolute atomic E-state index is 0.533. The summed E-state index contributed by atoms with van der Waals surface area (Å²) in [4.78, 5) is 0. The highest BCUT2D eigenvalue weighted by atomic mass is 16.5. The first-order chi connectivity index (χ1) is 8.35. The number of nitrogens with one attached hydrogen (secondary N) is 1. The van der Waals surface area contributed by atoms with Gasteiger partial charge in [-0.05, 0) is 37.3 Å². The van der Waals surface area contributed by atoms with E-state index in [0.29, 0.717) is 5.41 Å². The van der Waals surface area contributed by atoms with Crippen LogP contribution in [0.4, 0.5) is 0 Å². The lowest BCUT2D eigenvalue weighted by atomic mass is 9.67. The molecule has 1 fully saturated rings. The first-order valence-electron chi connectivity index (χ1n) is 6.61. The molecule has 0 amide bonds. The highest BCUT2D eigenvalue weighted by Crippen LogP contribution is 2.43. The number of hydrogen-bond acceptors (Lipinski definition) is 2. The van der Waals surface area contributed by atoms with E-state index in [2.05, 4.69) is 29.6 Å². The molecule has 0 aromatic heterocycles. The van der Waals surface area contributed by atoms with Gasteiger partial charge in [0.25, 0.3) is 0 Å². The molecule has 0 heterocycles. The van der Waals surface area contributed by atoms with Crippen molar-refractivity contribution in [1.29, 1.82) is 0 Å². The van der Waals surface area contributed by atoms with Crippen LogP contribution in [-0.4, -0.2) is 20.2 Å². The number of ether oxygens (including phenoxy) is 1. The maximum absolute atomic E-state index is 5.77. The summed E-state index contributed by atoms with van der Waals surface area (Å²) in [6.45, 7) is 2.77. The molecule has 0 radical (unpaired) electrons. The van der Waals surface area contributed by atoms with Crippen LogP contribution in [0, 0.1) is 5.41 Å². The number of benzene rings is 1. The van der Waals surface area contributed by atoms with Crippen molar-refractivity contribution in [3.8, 4) is 0 Å². The van der Waals surface area contributed by atoms with Crippen molar-refractivity contribution in [3.63, 3.8) is 0 Å². The van der Waals surface area contributed by atoms with Gasteiger partial charge in [0.05, 0.1) is 6.61 Å². The van der Waals surface area contributed by atoms with E-state index in [9.17, 15) is 0 Å². The average Bonchev–Trinajstić information content (AvgIpc) is 2.32. The van der Waals surface area contributed by atoms with Crippen LogP contribution in [0.1, 0.15) is 31.2 Å². The summed E-state index contributed by atoms with van der Waals surface area (Å²) in [6.07, 6.45) is 5.31. The Balaban J connectivity index is 1.66. The smallest absolute Gasteiger partial charge is 0.0716 e. The molecule has 0 aliphatic heterocycles. The van der Waals surface area contributed by atoms with Gasteiger partial charge in [0.2, 0.25) is 0 Å². The second kappa shape index (κ2) is 6.18. The minimum Gasteiger partial charge on any atom is -0.377 e. The van der Waals surface area contributed by atoms with Crippen molar-refractivity contribution >= 4 is 0 Å². The monoisotopic (exact) mass is 233 g/mol. The Labute approximate surface area is 104 Å². The van der Waals surface area contributed by atoms with E-state index in [1.807, 2.05) is 13.1 Å². The van der Waals surface area contributed by atoms with Crippen molar-refractivity contribution < 1.29 is 4.74 Å². The third kappa shape index (κ3) is 3.55. The van der Waals surface area contributed by atoms with Crippen molar-refractivity contribution in [2.24, 2.45) is 5.41 Å². The highest BCUT2D eigenvalue weighted by Gasteiger charge is 2.35. The predicted octanol–water partition coefficient (Wildman–Crippen LogP) is 2.98. The van der Waals surface area contributed by atoms with Gasteiger partial charge < -0.3 is 10.1 Å². The molecule has 1 aliphatic carbocycles. The summed E-state index contributed by atoms with van der Waals surface area (Å²) in [6, 6.07) is 10.4. The molecule has 2 nitrogen and oxygen atoms in total. The number of hydrogen-bond donors (Lipinski definition) is 1. The Kier molecular flexibility index (Phi) is 4.57. The normalized spacial score (nSPS) is 17.7. The molecule has 1 aliphatic rings. The fraction of sp³-hybridized carbons (Fsp3) is 0.600. The van der Waals surface area contributed by atoms with Crippen molar-refractivity contribution in [1.82, 2.24) is 5.32 Å². The Bertz CT molecular complexity index is 319. The lowest BCUT2D eigenvalue weighted by molar-refractivity contribution is 0.0442. The minimum atomic E-state index is 0.533. The van der Waals surface area contributed by atoms with Gasteiger partial charge >= 0.3 is 0 Å². The fourth-order valence-electron chi connectivity index (χ4n) is 2.62. The fourth-order valence-corrected chi connectivity index (χ4v) is 2.62. The summed E-state index contributed by atoms with van der Waals surface area (Å²) in [5.41, 5.74) is 1.80. The zero-order valence-corrected chi connectivity index (χ0v) is 10.7. The van der Waals surface area contributed by atoms with Crippen LogP contribution >= 0.6 is 0 Å². The Morgan fingerprint density at radius 2 is 2.00 bits per heavy atom. The van der Waals surface area contributed by atoms with Crippen LogP contribution in [0.25, 0.3) is 0 Å². The van der Waals surface area contributed by atoms with E-state index in [1.165, 1.54) is 31.2 Å². The second-order valence-corrected chi connectivity index (χ2v) is 5.17. The predicted molar refractivity (Wildman–Crippen MR) is 70.9 cm³/mol. The van der Waals surface area contributed by atoms with Gasteiger partial charge in [0.1, 0.15) is 0 Å². The van der Waals surface area contributed by atoms with E-state index in [4.69, 9.17) is 4.74 Å². The average molecular weight is 233 g/mol. The topological polar surface area (TPSA) is 21.3 Å². The Morgan fingerprint density at radius 1 is 1.24 bits per heavy atom. The molecule has 2 rings (SSSR count). The summed E-state index contributed by atoms with van der Waals surface area (Å²) in [7, 11) is 2.05. The molecule has 1 aromatic carbocycles. The molecule has 0 saturated heterocycles. The Morgan fingerprint density at radius 3 is 2.59 bits per heavy atom. The van der Waals surface area contributed by atoms with Crippen LogP contribution in [-0.2, 0) is 11.3 Å². The van der Waals surface area contributed by atoms with Crippen molar-refractivity contribution in [3.05, 3.63) is 35.9 Å². The van der Waals surface area contributed by atoms with Gasteiger partial charge in [0, 0.05) is 13.2 Å². The molecule has 1 saturated carbocycles. The summed E-state index contributed by atoms with van der Waals surface area (Å²) >= 11 is 0. The first-order valence-corrected chi connectivity index (χ1v) is 6.61. The molecule has 0 bridgehead atoms. The molecule has 1 N–H and O–H groups in total. The van der Waals surface area contributed by atoms with Crippen LogP contribution < -0.4 is 5.32 Å². The Hall–Kier alpha value is -0.860. The van der Waals surface area contributed by atoms with E-state index in [1.54, 1.807) is 0 Å². The van der Waals surface area contributed by atoms with Gasteiger partial charge in [0.15, 0.2) is 0 Å². The zero-order valence-electron chi connectivity index (χ0n) is 10.7. The highest BCUT2D eigenvalue weighted by molar-refractivity contribution is 5.13. The lowest BCUT2D eigenvalue weighted by Crippen LogP contribution is -2.39. The third-order valence-electron chi connectivity index (χ3n) is 3.85.